The van der Waals surface area contributed by atoms with Gasteiger partial charge in [0.05, 0.1) is 5.71 Å². The van der Waals surface area contributed by atoms with E-state index >= 15 is 0 Å². The molecule has 0 radical (unpaired) electrons. The molecule has 0 amide bonds. The Bertz CT molecular complexity index is 544. The van der Waals surface area contributed by atoms with Crippen molar-refractivity contribution in [3.05, 3.63) is 34.9 Å². The molecule has 5 nitrogen and oxygen atoms in total. The first-order chi connectivity index (χ1) is 11.6. The molecule has 1 saturated carbocycles. The number of nitrogens with one attached hydrogen (secondary N) is 1. The number of carbonyl (C=O) groups is 1. The van der Waals surface area contributed by atoms with Crippen molar-refractivity contribution in [2.45, 2.75) is 45.1 Å². The zero-order chi connectivity index (χ0) is 17.2. The van der Waals surface area contributed by atoms with E-state index < -0.39 is 5.97 Å². The molecular weight excluding hydrogens is 363 g/mol. The van der Waals surface area contributed by atoms with Gasteiger partial charge in [-0.3, -0.25) is 0 Å². The highest BCUT2D eigenvalue weighted by Gasteiger charge is 2.12. The molecule has 0 spiro atoms. The van der Waals surface area contributed by atoms with Crippen molar-refractivity contribution in [2.75, 3.05) is 19.8 Å². The maximum absolute atomic E-state index is 11.6. The number of hydrogen-bond donors (Lipinski definition) is 1. The molecule has 7 heteroatoms. The van der Waals surface area contributed by atoms with E-state index in [1.807, 2.05) is 19.1 Å². The topological polar surface area (TPSA) is 59.9 Å². The molecule has 1 fully saturated rings. The average molecular weight is 389 g/mol. The quantitative estimate of drug-likeness (QED) is 0.316. The van der Waals surface area contributed by atoms with E-state index in [2.05, 4.69) is 10.5 Å². The van der Waals surface area contributed by atoms with E-state index in [9.17, 15) is 4.79 Å². The van der Waals surface area contributed by atoms with Crippen molar-refractivity contribution in [1.82, 2.24) is 5.32 Å². The summed E-state index contributed by atoms with van der Waals surface area (Å²) in [6.07, 6.45) is 6.35. The maximum Gasteiger partial charge on any atom is 0.347 e. The van der Waals surface area contributed by atoms with Gasteiger partial charge in [-0.1, -0.05) is 48.2 Å². The third kappa shape index (κ3) is 8.56. The van der Waals surface area contributed by atoms with Crippen molar-refractivity contribution < 1.29 is 14.4 Å². The fraction of sp³-hybridized carbons (Fsp3) is 0.556. The zero-order valence-electron chi connectivity index (χ0n) is 14.5. The Balaban J connectivity index is 0.00000312. The van der Waals surface area contributed by atoms with Gasteiger partial charge in [0.2, 0.25) is 6.61 Å². The van der Waals surface area contributed by atoms with Gasteiger partial charge >= 0.3 is 5.97 Å². The van der Waals surface area contributed by atoms with Crippen LogP contribution in [-0.2, 0) is 14.4 Å². The number of hydrogen-bond acceptors (Lipinski definition) is 5. The van der Waals surface area contributed by atoms with E-state index in [-0.39, 0.29) is 19.0 Å². The van der Waals surface area contributed by atoms with Crippen LogP contribution in [0.15, 0.2) is 29.4 Å². The second-order valence-electron chi connectivity index (χ2n) is 5.97. The molecule has 25 heavy (non-hydrogen) atoms. The predicted molar refractivity (Wildman–Crippen MR) is 103 cm³/mol. The molecule has 1 aliphatic carbocycles. The van der Waals surface area contributed by atoms with Crippen molar-refractivity contribution in [1.29, 1.82) is 0 Å². The number of oxime groups is 1. The summed E-state index contributed by atoms with van der Waals surface area (Å²) in [6, 6.07) is 7.83. The largest absolute Gasteiger partial charge is 0.462 e. The van der Waals surface area contributed by atoms with Crippen LogP contribution < -0.4 is 5.32 Å². The van der Waals surface area contributed by atoms with Gasteiger partial charge in [-0.05, 0) is 37.5 Å². The van der Waals surface area contributed by atoms with E-state index in [1.165, 1.54) is 32.1 Å². The molecule has 1 N–H and O–H groups in total. The first-order valence-corrected chi connectivity index (χ1v) is 8.84. The predicted octanol–water partition coefficient (Wildman–Crippen LogP) is 3.97. The molecule has 1 aromatic rings. The molecule has 0 saturated heterocycles. The van der Waals surface area contributed by atoms with Crippen LogP contribution in [0, 0.1) is 0 Å². The van der Waals surface area contributed by atoms with Crippen LogP contribution in [0.1, 0.15) is 44.6 Å². The highest BCUT2D eigenvalue weighted by Crippen LogP contribution is 2.17. The van der Waals surface area contributed by atoms with Gasteiger partial charge in [0.1, 0.15) is 6.61 Å². The lowest BCUT2D eigenvalue weighted by molar-refractivity contribution is -0.148. The van der Waals surface area contributed by atoms with E-state index in [4.69, 9.17) is 21.2 Å². The molecule has 2 rings (SSSR count). The smallest absolute Gasteiger partial charge is 0.347 e. The fourth-order valence-corrected chi connectivity index (χ4v) is 2.83. The normalized spacial score (nSPS) is 15.4. The minimum absolute atomic E-state index is 0. The van der Waals surface area contributed by atoms with Gasteiger partial charge in [0, 0.05) is 17.6 Å². The minimum Gasteiger partial charge on any atom is -0.462 e. The Hall–Kier alpha value is -1.30. The SMILES string of the molecule is C/C(=N\OCC(=O)OCCNC1CCCCC1)c1ccc(Cl)cc1.Cl. The Labute approximate surface area is 160 Å². The van der Waals surface area contributed by atoms with Crippen LogP contribution >= 0.6 is 24.0 Å². The van der Waals surface area contributed by atoms with Gasteiger partial charge < -0.3 is 14.9 Å². The third-order valence-electron chi connectivity index (χ3n) is 4.05. The van der Waals surface area contributed by atoms with Crippen molar-refractivity contribution in [2.24, 2.45) is 5.16 Å². The van der Waals surface area contributed by atoms with Crippen LogP contribution in [0.25, 0.3) is 0 Å². The molecule has 0 bridgehead atoms. The summed E-state index contributed by atoms with van der Waals surface area (Å²) >= 11 is 5.83. The molecular formula is C18H26Cl2N2O3. The lowest BCUT2D eigenvalue weighted by Crippen LogP contribution is -2.34. The Morgan fingerprint density at radius 1 is 1.24 bits per heavy atom. The maximum atomic E-state index is 11.6. The first kappa shape index (κ1) is 21.7. The van der Waals surface area contributed by atoms with Crippen molar-refractivity contribution >= 4 is 35.7 Å². The molecule has 0 unspecified atom stereocenters. The van der Waals surface area contributed by atoms with E-state index in [0.29, 0.717) is 29.9 Å². The van der Waals surface area contributed by atoms with Crippen LogP contribution in [0.4, 0.5) is 0 Å². The molecule has 1 aliphatic rings. The average Bonchev–Trinajstić information content (AvgIpc) is 2.60. The van der Waals surface area contributed by atoms with Crippen LogP contribution in [-0.4, -0.2) is 37.5 Å². The van der Waals surface area contributed by atoms with Gasteiger partial charge in [-0.25, -0.2) is 4.79 Å². The monoisotopic (exact) mass is 388 g/mol. The summed E-state index contributed by atoms with van der Waals surface area (Å²) < 4.78 is 5.12. The number of rotatable bonds is 8. The molecule has 0 atom stereocenters. The first-order valence-electron chi connectivity index (χ1n) is 8.46. The third-order valence-corrected chi connectivity index (χ3v) is 4.30. The highest BCUT2D eigenvalue weighted by atomic mass is 35.5. The Morgan fingerprint density at radius 3 is 2.60 bits per heavy atom. The fourth-order valence-electron chi connectivity index (χ4n) is 2.70. The number of ether oxygens (including phenoxy) is 1. The molecule has 0 aliphatic heterocycles. The Kier molecular flexibility index (Phi) is 10.5. The highest BCUT2D eigenvalue weighted by molar-refractivity contribution is 6.30. The Morgan fingerprint density at radius 2 is 1.92 bits per heavy atom. The van der Waals surface area contributed by atoms with Crippen LogP contribution in [0.2, 0.25) is 5.02 Å². The summed E-state index contributed by atoms with van der Waals surface area (Å²) in [4.78, 5) is 16.6. The summed E-state index contributed by atoms with van der Waals surface area (Å²) in [5.41, 5.74) is 1.57. The number of carbonyl (C=O) groups excluding carboxylic acids is 1. The van der Waals surface area contributed by atoms with Crippen LogP contribution in [0.3, 0.4) is 0 Å². The van der Waals surface area contributed by atoms with Gasteiger partial charge in [0.15, 0.2) is 0 Å². The van der Waals surface area contributed by atoms with Gasteiger partial charge in [0.25, 0.3) is 0 Å². The lowest BCUT2D eigenvalue weighted by Gasteiger charge is -2.22. The van der Waals surface area contributed by atoms with Crippen molar-refractivity contribution in [3.8, 4) is 0 Å². The van der Waals surface area contributed by atoms with Crippen molar-refractivity contribution in [3.63, 3.8) is 0 Å². The molecule has 0 aromatic heterocycles. The molecule has 140 valence electrons. The summed E-state index contributed by atoms with van der Waals surface area (Å²) in [5.74, 6) is -0.409. The summed E-state index contributed by atoms with van der Waals surface area (Å²) in [7, 11) is 0. The summed E-state index contributed by atoms with van der Waals surface area (Å²) in [5, 5.41) is 8.01. The van der Waals surface area contributed by atoms with Crippen LogP contribution in [0.5, 0.6) is 0 Å². The number of halogens is 2. The standard InChI is InChI=1S/C18H25ClN2O3.ClH/c1-14(15-7-9-16(19)10-8-15)21-24-13-18(22)23-12-11-20-17-5-3-2-4-6-17;/h7-10,17,20H,2-6,11-13H2,1H3;1H/b21-14+;. The van der Waals surface area contributed by atoms with Gasteiger partial charge in [-0.15, -0.1) is 12.4 Å². The van der Waals surface area contributed by atoms with E-state index in [1.54, 1.807) is 12.1 Å². The number of esters is 1. The number of benzene rings is 1. The second kappa shape index (κ2) is 12.1. The number of nitrogens with zero attached hydrogens (tertiary/aromatic N) is 1. The zero-order valence-corrected chi connectivity index (χ0v) is 16.1. The minimum atomic E-state index is -0.409. The van der Waals surface area contributed by atoms with Gasteiger partial charge in [-0.2, -0.15) is 0 Å². The molecule has 1 aromatic carbocycles. The summed E-state index contributed by atoms with van der Waals surface area (Å²) in [6.45, 7) is 2.67. The van der Waals surface area contributed by atoms with E-state index in [0.717, 1.165) is 5.56 Å². The molecule has 0 heterocycles. The lowest BCUT2D eigenvalue weighted by atomic mass is 9.96. The second-order valence-corrected chi connectivity index (χ2v) is 6.40.